The molecule has 0 heterocycles. The van der Waals surface area contributed by atoms with Gasteiger partial charge in [0.2, 0.25) is 0 Å². The van der Waals surface area contributed by atoms with Crippen molar-refractivity contribution < 1.29 is 9.53 Å². The Kier molecular flexibility index (Phi) is 4.02. The quantitative estimate of drug-likeness (QED) is 0.830. The van der Waals surface area contributed by atoms with Gasteiger partial charge in [0, 0.05) is 0 Å². The van der Waals surface area contributed by atoms with E-state index in [2.05, 4.69) is 30.4 Å². The summed E-state index contributed by atoms with van der Waals surface area (Å²) in [5, 5.41) is 3.52. The molecule has 2 rings (SSSR count). The summed E-state index contributed by atoms with van der Waals surface area (Å²) in [7, 11) is 1.46. The zero-order valence-corrected chi connectivity index (χ0v) is 11.2. The molecule has 98 valence electrons. The van der Waals surface area contributed by atoms with Crippen LogP contribution in [-0.4, -0.2) is 19.6 Å². The monoisotopic (exact) mass is 247 g/mol. The Morgan fingerprint density at radius 3 is 2.94 bits per heavy atom. The van der Waals surface area contributed by atoms with Crippen LogP contribution in [0.25, 0.3) is 0 Å². The number of methoxy groups -OCH3 is 1. The fourth-order valence-electron chi connectivity index (χ4n) is 3.01. The lowest BCUT2D eigenvalue weighted by molar-refractivity contribution is -0.142. The van der Waals surface area contributed by atoms with E-state index in [4.69, 9.17) is 4.74 Å². The first-order valence-corrected chi connectivity index (χ1v) is 6.62. The number of fused-ring (bicyclic) bond motifs is 1. The van der Waals surface area contributed by atoms with Crippen LogP contribution in [0.4, 0.5) is 0 Å². The molecule has 0 fully saturated rings. The molecule has 0 aromatic heterocycles. The Labute approximate surface area is 109 Å². The normalized spacial score (nSPS) is 22.3. The Balaban J connectivity index is 2.38. The lowest BCUT2D eigenvalue weighted by Crippen LogP contribution is -2.46. The van der Waals surface area contributed by atoms with Crippen LogP contribution < -0.4 is 5.32 Å². The molecule has 3 heteroatoms. The van der Waals surface area contributed by atoms with E-state index in [0.29, 0.717) is 6.42 Å². The molecule has 0 aliphatic heterocycles. The zero-order chi connectivity index (χ0) is 13.0. The maximum Gasteiger partial charge on any atom is 0.307 e. The molecule has 3 nitrogen and oxygen atoms in total. The minimum absolute atomic E-state index is 0.146. The average Bonchev–Trinajstić information content (AvgIpc) is 2.39. The summed E-state index contributed by atoms with van der Waals surface area (Å²) < 4.78 is 4.86. The Morgan fingerprint density at radius 2 is 2.22 bits per heavy atom. The third-order valence-electron chi connectivity index (χ3n) is 3.77. The lowest BCUT2D eigenvalue weighted by Gasteiger charge is -2.39. The number of hydrogen-bond acceptors (Lipinski definition) is 3. The summed E-state index contributed by atoms with van der Waals surface area (Å²) in [4.78, 5) is 11.7. The molecule has 1 N–H and O–H groups in total. The molecule has 1 aliphatic rings. The molecule has 0 saturated carbocycles. The SMILES string of the molecule is CCNC1(CC(=O)OC)CCCc2ccccc21. The lowest BCUT2D eigenvalue weighted by atomic mass is 9.74. The van der Waals surface area contributed by atoms with Gasteiger partial charge in [-0.2, -0.15) is 0 Å². The van der Waals surface area contributed by atoms with E-state index >= 15 is 0 Å². The number of rotatable bonds is 4. The van der Waals surface area contributed by atoms with Crippen LogP contribution in [0.3, 0.4) is 0 Å². The molecule has 1 aliphatic carbocycles. The molecule has 0 radical (unpaired) electrons. The van der Waals surface area contributed by atoms with Gasteiger partial charge in [0.1, 0.15) is 0 Å². The predicted octanol–water partition coefficient (Wildman–Crippen LogP) is 2.39. The van der Waals surface area contributed by atoms with E-state index in [1.807, 2.05) is 6.07 Å². The van der Waals surface area contributed by atoms with E-state index in [0.717, 1.165) is 25.8 Å². The van der Waals surface area contributed by atoms with Crippen LogP contribution in [0.15, 0.2) is 24.3 Å². The number of carbonyl (C=O) groups excluding carboxylic acids is 1. The average molecular weight is 247 g/mol. The minimum Gasteiger partial charge on any atom is -0.469 e. The van der Waals surface area contributed by atoms with Gasteiger partial charge in [-0.3, -0.25) is 4.79 Å². The van der Waals surface area contributed by atoms with Crippen molar-refractivity contribution in [1.82, 2.24) is 5.32 Å². The molecule has 0 amide bonds. The molecular formula is C15H21NO2. The first kappa shape index (κ1) is 13.1. The van der Waals surface area contributed by atoms with Crippen LogP contribution in [0.5, 0.6) is 0 Å². The van der Waals surface area contributed by atoms with Gasteiger partial charge in [0.25, 0.3) is 0 Å². The largest absolute Gasteiger partial charge is 0.469 e. The van der Waals surface area contributed by atoms with Crippen molar-refractivity contribution in [3.8, 4) is 0 Å². The third kappa shape index (κ3) is 2.41. The molecule has 0 saturated heterocycles. The topological polar surface area (TPSA) is 38.3 Å². The van der Waals surface area contributed by atoms with Gasteiger partial charge in [-0.05, 0) is 36.9 Å². The van der Waals surface area contributed by atoms with Gasteiger partial charge in [-0.15, -0.1) is 0 Å². The predicted molar refractivity (Wildman–Crippen MR) is 71.4 cm³/mol. The summed E-state index contributed by atoms with van der Waals surface area (Å²) in [6.45, 7) is 2.93. The Hall–Kier alpha value is -1.35. The van der Waals surface area contributed by atoms with Gasteiger partial charge >= 0.3 is 5.97 Å². The van der Waals surface area contributed by atoms with Crippen LogP contribution in [0, 0.1) is 0 Å². The number of nitrogens with one attached hydrogen (secondary N) is 1. The third-order valence-corrected chi connectivity index (χ3v) is 3.77. The highest BCUT2D eigenvalue weighted by Crippen LogP contribution is 2.38. The van der Waals surface area contributed by atoms with Crippen LogP contribution in [0.2, 0.25) is 0 Å². The van der Waals surface area contributed by atoms with Crippen molar-refractivity contribution in [1.29, 1.82) is 0 Å². The van der Waals surface area contributed by atoms with Crippen molar-refractivity contribution in [2.24, 2.45) is 0 Å². The van der Waals surface area contributed by atoms with Gasteiger partial charge in [0.15, 0.2) is 0 Å². The smallest absolute Gasteiger partial charge is 0.307 e. The number of benzene rings is 1. The second kappa shape index (κ2) is 5.53. The molecule has 1 atom stereocenters. The molecule has 1 unspecified atom stereocenters. The van der Waals surface area contributed by atoms with Gasteiger partial charge in [-0.25, -0.2) is 0 Å². The second-order valence-corrected chi connectivity index (χ2v) is 4.88. The molecule has 1 aromatic carbocycles. The van der Waals surface area contributed by atoms with Crippen LogP contribution in [0.1, 0.15) is 37.3 Å². The summed E-state index contributed by atoms with van der Waals surface area (Å²) in [5.41, 5.74) is 2.38. The summed E-state index contributed by atoms with van der Waals surface area (Å²) in [6.07, 6.45) is 3.62. The standard InChI is InChI=1S/C15H21NO2/c1-3-16-15(11-14(17)18-2)10-6-8-12-7-4-5-9-13(12)15/h4-5,7,9,16H,3,6,8,10-11H2,1-2H3. The maximum atomic E-state index is 11.7. The van der Waals surface area contributed by atoms with E-state index in [9.17, 15) is 4.79 Å². The molecule has 0 spiro atoms. The van der Waals surface area contributed by atoms with Crippen molar-refractivity contribution in [2.75, 3.05) is 13.7 Å². The second-order valence-electron chi connectivity index (χ2n) is 4.88. The summed E-state index contributed by atoms with van der Waals surface area (Å²) in [6, 6.07) is 8.42. The van der Waals surface area contributed by atoms with E-state index < -0.39 is 0 Å². The fraction of sp³-hybridized carbons (Fsp3) is 0.533. The Morgan fingerprint density at radius 1 is 1.44 bits per heavy atom. The van der Waals surface area contributed by atoms with E-state index in [1.165, 1.54) is 18.2 Å². The van der Waals surface area contributed by atoms with Gasteiger partial charge < -0.3 is 10.1 Å². The van der Waals surface area contributed by atoms with Crippen molar-refractivity contribution >= 4 is 5.97 Å². The van der Waals surface area contributed by atoms with Crippen molar-refractivity contribution in [3.05, 3.63) is 35.4 Å². The Bertz CT molecular complexity index is 430. The maximum absolute atomic E-state index is 11.7. The van der Waals surface area contributed by atoms with Crippen molar-refractivity contribution in [3.63, 3.8) is 0 Å². The highest BCUT2D eigenvalue weighted by molar-refractivity contribution is 5.71. The number of carbonyl (C=O) groups is 1. The van der Waals surface area contributed by atoms with Gasteiger partial charge in [0.05, 0.1) is 19.1 Å². The fourth-order valence-corrected chi connectivity index (χ4v) is 3.01. The van der Waals surface area contributed by atoms with E-state index in [-0.39, 0.29) is 11.5 Å². The highest BCUT2D eigenvalue weighted by atomic mass is 16.5. The number of esters is 1. The van der Waals surface area contributed by atoms with Crippen LogP contribution in [-0.2, 0) is 21.5 Å². The number of hydrogen-bond donors (Lipinski definition) is 1. The first-order chi connectivity index (χ1) is 8.72. The molecule has 0 bridgehead atoms. The van der Waals surface area contributed by atoms with E-state index in [1.54, 1.807) is 0 Å². The van der Waals surface area contributed by atoms with Crippen LogP contribution >= 0.6 is 0 Å². The highest BCUT2D eigenvalue weighted by Gasteiger charge is 2.37. The first-order valence-electron chi connectivity index (χ1n) is 6.62. The number of aryl methyl sites for hydroxylation is 1. The summed E-state index contributed by atoms with van der Waals surface area (Å²) in [5.74, 6) is -0.146. The minimum atomic E-state index is -0.239. The molecule has 18 heavy (non-hydrogen) atoms. The van der Waals surface area contributed by atoms with Gasteiger partial charge in [-0.1, -0.05) is 31.2 Å². The summed E-state index contributed by atoms with van der Waals surface area (Å²) >= 11 is 0. The molecular weight excluding hydrogens is 226 g/mol. The molecule has 1 aromatic rings. The number of ether oxygens (including phenoxy) is 1. The van der Waals surface area contributed by atoms with Crippen molar-refractivity contribution in [2.45, 2.75) is 38.1 Å². The zero-order valence-electron chi connectivity index (χ0n) is 11.2.